The van der Waals surface area contributed by atoms with Crippen LogP contribution in [0.25, 0.3) is 5.53 Å². The van der Waals surface area contributed by atoms with E-state index in [0.29, 0.717) is 5.41 Å². The normalized spacial score (nSPS) is 10.3. The van der Waals surface area contributed by atoms with Gasteiger partial charge >= 0.3 is 0 Å². The standard InChI is InChI=1S/C2H3N2O2S/c1-2-7(5,6)4-3/h2H,1H2/q-1. The molecule has 0 saturated heterocycles. The monoisotopic (exact) mass is 119 g/mol. The van der Waals surface area contributed by atoms with Gasteiger partial charge in [-0.2, -0.15) is 0 Å². The van der Waals surface area contributed by atoms with Gasteiger partial charge in [-0.15, -0.1) is 0 Å². The molecule has 0 aromatic heterocycles. The Kier molecular flexibility index (Phi) is 1.65. The van der Waals surface area contributed by atoms with Crippen molar-refractivity contribution in [3.05, 3.63) is 17.5 Å². The molecule has 0 radical (unpaired) electrons. The third kappa shape index (κ3) is 2.05. The van der Waals surface area contributed by atoms with E-state index >= 15 is 0 Å². The SMILES string of the molecule is C=CS(=O)(=O)N=[N-]. The molecule has 0 aromatic carbocycles. The van der Waals surface area contributed by atoms with Crippen LogP contribution in [0.2, 0.25) is 0 Å². The molecule has 0 rings (SSSR count). The van der Waals surface area contributed by atoms with Crippen molar-refractivity contribution in [1.82, 2.24) is 0 Å². The molecule has 0 aliphatic rings. The maximum absolute atomic E-state index is 9.83. The van der Waals surface area contributed by atoms with E-state index < -0.39 is 10.0 Å². The highest BCUT2D eigenvalue weighted by molar-refractivity contribution is 7.92. The smallest absolute Gasteiger partial charge is 0.256 e. The van der Waals surface area contributed by atoms with Crippen LogP contribution in [0.3, 0.4) is 0 Å². The Morgan fingerprint density at radius 1 is 1.71 bits per heavy atom. The summed E-state index contributed by atoms with van der Waals surface area (Å²) in [6.07, 6.45) is 0. The third-order valence-corrected chi connectivity index (χ3v) is 0.973. The predicted octanol–water partition coefficient (Wildman–Crippen LogP) is 0.481. The molecule has 0 aliphatic carbocycles. The Hall–Kier alpha value is -0.710. The van der Waals surface area contributed by atoms with Gasteiger partial charge in [0.05, 0.1) is 0 Å². The number of hydrogen-bond donors (Lipinski definition) is 0. The average Bonchev–Trinajstić information content (AvgIpc) is 1.68. The number of hydrogen-bond acceptors (Lipinski definition) is 2. The van der Waals surface area contributed by atoms with Crippen LogP contribution in [0, 0.1) is 0 Å². The van der Waals surface area contributed by atoms with E-state index in [4.69, 9.17) is 5.53 Å². The largest absolute Gasteiger partial charge is 0.695 e. The second-order valence-corrected chi connectivity index (χ2v) is 2.29. The molecule has 4 nitrogen and oxygen atoms in total. The molecule has 0 amide bonds. The second kappa shape index (κ2) is 1.83. The van der Waals surface area contributed by atoms with Crippen molar-refractivity contribution in [2.75, 3.05) is 0 Å². The molecule has 0 spiro atoms. The van der Waals surface area contributed by atoms with Crippen molar-refractivity contribution in [1.29, 1.82) is 0 Å². The minimum atomic E-state index is -3.71. The van der Waals surface area contributed by atoms with E-state index in [1.165, 1.54) is 0 Å². The maximum atomic E-state index is 9.83. The zero-order chi connectivity index (χ0) is 5.91. The van der Waals surface area contributed by atoms with Crippen LogP contribution in [0.5, 0.6) is 0 Å². The average molecular weight is 119 g/mol. The topological polar surface area (TPSA) is 68.8 Å². The molecule has 0 fully saturated rings. The van der Waals surface area contributed by atoms with Gasteiger partial charge < -0.3 is 10.1 Å². The lowest BCUT2D eigenvalue weighted by molar-refractivity contribution is 0.606. The van der Waals surface area contributed by atoms with E-state index in [0.717, 1.165) is 0 Å². The number of sulfonamides is 1. The van der Waals surface area contributed by atoms with Crippen LogP contribution in [0.4, 0.5) is 0 Å². The van der Waals surface area contributed by atoms with Crippen LogP contribution in [-0.4, -0.2) is 8.42 Å². The quantitative estimate of drug-likeness (QED) is 0.496. The molecule has 0 aromatic rings. The van der Waals surface area contributed by atoms with Crippen LogP contribution >= 0.6 is 0 Å². The molecule has 0 aliphatic heterocycles. The fourth-order valence-electron chi connectivity index (χ4n) is 0.0333. The summed E-state index contributed by atoms with van der Waals surface area (Å²) in [4.78, 5) is 0. The van der Waals surface area contributed by atoms with E-state index in [1.807, 2.05) is 4.52 Å². The van der Waals surface area contributed by atoms with E-state index in [-0.39, 0.29) is 0 Å². The summed E-state index contributed by atoms with van der Waals surface area (Å²) >= 11 is 0. The van der Waals surface area contributed by atoms with Crippen molar-refractivity contribution in [2.45, 2.75) is 0 Å². The first-order chi connectivity index (χ1) is 3.12. The molecule has 7 heavy (non-hydrogen) atoms. The van der Waals surface area contributed by atoms with Crippen LogP contribution in [0.15, 0.2) is 16.5 Å². The van der Waals surface area contributed by atoms with E-state index in [9.17, 15) is 8.42 Å². The molecule has 0 unspecified atom stereocenters. The summed E-state index contributed by atoms with van der Waals surface area (Å²) in [5.41, 5.74) is 7.56. The van der Waals surface area contributed by atoms with Gasteiger partial charge in [-0.05, 0) is 0 Å². The van der Waals surface area contributed by atoms with Crippen molar-refractivity contribution in [2.24, 2.45) is 4.52 Å². The van der Waals surface area contributed by atoms with Gasteiger partial charge in [0.25, 0.3) is 10.0 Å². The summed E-state index contributed by atoms with van der Waals surface area (Å²) in [5.74, 6) is 0. The summed E-state index contributed by atoms with van der Waals surface area (Å²) in [7, 11) is -3.71. The number of nitrogens with zero attached hydrogens (tertiary/aromatic N) is 2. The van der Waals surface area contributed by atoms with Crippen LogP contribution in [-0.2, 0) is 10.0 Å². The molecule has 40 valence electrons. The molecule has 0 N–H and O–H groups in total. The Balaban J connectivity index is 4.49. The fraction of sp³-hybridized carbons (Fsp3) is 0. The first-order valence-electron chi connectivity index (χ1n) is 1.36. The summed E-state index contributed by atoms with van der Waals surface area (Å²) in [6, 6.07) is 0. The van der Waals surface area contributed by atoms with E-state index in [1.54, 1.807) is 0 Å². The third-order valence-electron chi connectivity index (χ3n) is 0.324. The fourth-order valence-corrected chi connectivity index (χ4v) is 0.100. The molecular formula is C2H3N2O2S-. The van der Waals surface area contributed by atoms with Crippen molar-refractivity contribution in [3.8, 4) is 0 Å². The highest BCUT2D eigenvalue weighted by Crippen LogP contribution is 1.88. The lowest BCUT2D eigenvalue weighted by Gasteiger charge is -1.86. The van der Waals surface area contributed by atoms with Gasteiger partial charge in [-0.1, -0.05) is 6.58 Å². The highest BCUT2D eigenvalue weighted by atomic mass is 32.2. The zero-order valence-corrected chi connectivity index (χ0v) is 4.22. The minimum absolute atomic E-state index is 0.549. The summed E-state index contributed by atoms with van der Waals surface area (Å²) in [6.45, 7) is 2.86. The Labute approximate surface area is 41.4 Å². The van der Waals surface area contributed by atoms with Gasteiger partial charge in [-0.25, -0.2) is 8.42 Å². The van der Waals surface area contributed by atoms with Crippen LogP contribution in [0.1, 0.15) is 0 Å². The minimum Gasteiger partial charge on any atom is -0.695 e. The Bertz CT molecular complexity index is 154. The van der Waals surface area contributed by atoms with Gasteiger partial charge in [0.15, 0.2) is 0 Å². The zero-order valence-electron chi connectivity index (χ0n) is 3.40. The highest BCUT2D eigenvalue weighted by Gasteiger charge is 1.88. The predicted molar refractivity (Wildman–Crippen MR) is 24.9 cm³/mol. The molecule has 5 heteroatoms. The molecule has 0 saturated carbocycles. The lowest BCUT2D eigenvalue weighted by Crippen LogP contribution is -1.82. The van der Waals surface area contributed by atoms with Gasteiger partial charge in [0, 0.05) is 5.41 Å². The Morgan fingerprint density at radius 2 is 2.14 bits per heavy atom. The summed E-state index contributed by atoms with van der Waals surface area (Å²) in [5, 5.41) is 0.549. The Morgan fingerprint density at radius 3 is 2.14 bits per heavy atom. The second-order valence-electron chi connectivity index (χ2n) is 0.763. The first-order valence-corrected chi connectivity index (χ1v) is 2.86. The van der Waals surface area contributed by atoms with Crippen LogP contribution < -0.4 is 0 Å². The van der Waals surface area contributed by atoms with Gasteiger partial charge in [0.1, 0.15) is 0 Å². The summed E-state index contributed by atoms with van der Waals surface area (Å²) < 4.78 is 21.7. The first kappa shape index (κ1) is 6.29. The lowest BCUT2D eigenvalue weighted by atomic mass is 11.3. The number of rotatable bonds is 2. The van der Waals surface area contributed by atoms with Gasteiger partial charge in [0.2, 0.25) is 0 Å². The maximum Gasteiger partial charge on any atom is 0.256 e. The molecular weight excluding hydrogens is 116 g/mol. The van der Waals surface area contributed by atoms with E-state index in [2.05, 4.69) is 6.58 Å². The van der Waals surface area contributed by atoms with Crippen molar-refractivity contribution in [3.63, 3.8) is 0 Å². The van der Waals surface area contributed by atoms with Crippen molar-refractivity contribution >= 4 is 10.0 Å². The molecule has 0 atom stereocenters. The molecule has 0 heterocycles. The molecule has 0 bridgehead atoms. The van der Waals surface area contributed by atoms with Gasteiger partial charge in [-0.3, -0.25) is 0 Å². The van der Waals surface area contributed by atoms with Crippen molar-refractivity contribution < 1.29 is 8.42 Å².